The number of benzene rings is 1. The van der Waals surface area contributed by atoms with Crippen LogP contribution in [0.3, 0.4) is 0 Å². The highest BCUT2D eigenvalue weighted by Gasteiger charge is 2.25. The van der Waals surface area contributed by atoms with E-state index >= 15 is 0 Å². The maximum absolute atomic E-state index is 6.13. The van der Waals surface area contributed by atoms with Crippen LogP contribution in [-0.2, 0) is 12.5 Å². The van der Waals surface area contributed by atoms with Crippen LogP contribution in [0.25, 0.3) is 11.0 Å². The molecule has 1 aromatic heterocycles. The molecule has 0 bridgehead atoms. The lowest BCUT2D eigenvalue weighted by molar-refractivity contribution is 0.487. The third-order valence-electron chi connectivity index (χ3n) is 2.98. The zero-order chi connectivity index (χ0) is 11.9. The largest absolute Gasteiger partial charge is 0.331 e. The number of para-hydroxylation sites is 1. The molecule has 86 valence electrons. The Bertz CT molecular complexity index is 528. The molecule has 0 saturated carbocycles. The monoisotopic (exact) mass is 237 g/mol. The van der Waals surface area contributed by atoms with Crippen LogP contribution < -0.4 is 5.73 Å². The molecule has 16 heavy (non-hydrogen) atoms. The number of halogens is 1. The molecule has 1 heterocycles. The van der Waals surface area contributed by atoms with Crippen molar-refractivity contribution < 1.29 is 0 Å². The van der Waals surface area contributed by atoms with Gasteiger partial charge in [0.2, 0.25) is 0 Å². The van der Waals surface area contributed by atoms with Crippen LogP contribution in [-0.4, -0.2) is 16.1 Å². The molecule has 0 saturated heterocycles. The van der Waals surface area contributed by atoms with Gasteiger partial charge in [-0.15, -0.1) is 0 Å². The van der Waals surface area contributed by atoms with Crippen molar-refractivity contribution in [1.29, 1.82) is 0 Å². The number of nitrogens with two attached hydrogens (primary N) is 1. The van der Waals surface area contributed by atoms with E-state index in [-0.39, 0.29) is 5.41 Å². The summed E-state index contributed by atoms with van der Waals surface area (Å²) in [6.07, 6.45) is 0. The minimum absolute atomic E-state index is 0.142. The summed E-state index contributed by atoms with van der Waals surface area (Å²) >= 11 is 6.13. The van der Waals surface area contributed by atoms with Gasteiger partial charge in [0.25, 0.3) is 0 Å². The second-order valence-electron chi connectivity index (χ2n) is 4.69. The van der Waals surface area contributed by atoms with Crippen molar-refractivity contribution in [2.45, 2.75) is 19.3 Å². The van der Waals surface area contributed by atoms with Crippen molar-refractivity contribution in [1.82, 2.24) is 9.55 Å². The number of aryl methyl sites for hydroxylation is 1. The number of nitrogens with zero attached hydrogens (tertiary/aromatic N) is 2. The van der Waals surface area contributed by atoms with Crippen LogP contribution in [0.5, 0.6) is 0 Å². The summed E-state index contributed by atoms with van der Waals surface area (Å²) in [7, 11) is 2.00. The first-order valence-corrected chi connectivity index (χ1v) is 5.66. The average Bonchev–Trinajstić information content (AvgIpc) is 2.59. The fraction of sp³-hybridized carbons (Fsp3) is 0.417. The molecule has 1 aromatic carbocycles. The number of aromatic nitrogens is 2. The molecule has 0 aliphatic rings. The summed E-state index contributed by atoms with van der Waals surface area (Å²) in [6, 6.07) is 5.81. The van der Waals surface area contributed by atoms with Gasteiger partial charge >= 0.3 is 0 Å². The van der Waals surface area contributed by atoms with Gasteiger partial charge in [0, 0.05) is 19.0 Å². The SMILES string of the molecule is Cn1c(C(C)(C)CN)nc2c(Cl)cccc21. The van der Waals surface area contributed by atoms with Gasteiger partial charge in [0.15, 0.2) is 0 Å². The fourth-order valence-electron chi connectivity index (χ4n) is 1.88. The van der Waals surface area contributed by atoms with Crippen molar-refractivity contribution in [3.63, 3.8) is 0 Å². The number of hydrogen-bond acceptors (Lipinski definition) is 2. The Morgan fingerprint density at radius 2 is 2.12 bits per heavy atom. The van der Waals surface area contributed by atoms with Crippen molar-refractivity contribution in [3.05, 3.63) is 29.0 Å². The lowest BCUT2D eigenvalue weighted by Crippen LogP contribution is -2.31. The van der Waals surface area contributed by atoms with E-state index in [0.29, 0.717) is 11.6 Å². The van der Waals surface area contributed by atoms with Crippen LogP contribution in [0.15, 0.2) is 18.2 Å². The van der Waals surface area contributed by atoms with E-state index in [1.165, 1.54) is 0 Å². The summed E-state index contributed by atoms with van der Waals surface area (Å²) < 4.78 is 2.06. The number of imidazole rings is 1. The van der Waals surface area contributed by atoms with Crippen LogP contribution in [0.2, 0.25) is 5.02 Å². The average molecular weight is 238 g/mol. The molecule has 0 unspecified atom stereocenters. The highest BCUT2D eigenvalue weighted by Crippen LogP contribution is 2.28. The normalized spacial score (nSPS) is 12.3. The Morgan fingerprint density at radius 3 is 2.69 bits per heavy atom. The summed E-state index contributed by atoms with van der Waals surface area (Å²) in [5.41, 5.74) is 7.53. The quantitative estimate of drug-likeness (QED) is 0.872. The first kappa shape index (κ1) is 11.4. The summed E-state index contributed by atoms with van der Waals surface area (Å²) in [5.74, 6) is 0.970. The topological polar surface area (TPSA) is 43.8 Å². The Labute approximate surface area is 100 Å². The summed E-state index contributed by atoms with van der Waals surface area (Å²) in [6.45, 7) is 4.73. The molecule has 0 spiro atoms. The molecule has 4 heteroatoms. The molecule has 0 aliphatic carbocycles. The molecule has 2 aromatic rings. The van der Waals surface area contributed by atoms with Crippen molar-refractivity contribution in [2.24, 2.45) is 12.8 Å². The lowest BCUT2D eigenvalue weighted by Gasteiger charge is -2.21. The van der Waals surface area contributed by atoms with Gasteiger partial charge in [-0.1, -0.05) is 31.5 Å². The minimum Gasteiger partial charge on any atom is -0.331 e. The van der Waals surface area contributed by atoms with E-state index in [9.17, 15) is 0 Å². The number of rotatable bonds is 2. The van der Waals surface area contributed by atoms with E-state index in [2.05, 4.69) is 23.4 Å². The molecular weight excluding hydrogens is 222 g/mol. The van der Waals surface area contributed by atoms with Gasteiger partial charge in [0.05, 0.1) is 10.5 Å². The van der Waals surface area contributed by atoms with Crippen molar-refractivity contribution in [2.75, 3.05) is 6.54 Å². The molecule has 0 aliphatic heterocycles. The maximum atomic E-state index is 6.13. The molecule has 0 fully saturated rings. The van der Waals surface area contributed by atoms with Gasteiger partial charge in [-0.2, -0.15) is 0 Å². The van der Waals surface area contributed by atoms with Gasteiger partial charge < -0.3 is 10.3 Å². The highest BCUT2D eigenvalue weighted by atomic mass is 35.5. The predicted molar refractivity (Wildman–Crippen MR) is 67.8 cm³/mol. The van der Waals surface area contributed by atoms with E-state index < -0.39 is 0 Å². The molecule has 3 nitrogen and oxygen atoms in total. The Kier molecular flexibility index (Phi) is 2.68. The second-order valence-corrected chi connectivity index (χ2v) is 5.10. The van der Waals surface area contributed by atoms with Crippen LogP contribution in [0.4, 0.5) is 0 Å². The summed E-state index contributed by atoms with van der Waals surface area (Å²) in [4.78, 5) is 4.61. The van der Waals surface area contributed by atoms with E-state index in [4.69, 9.17) is 17.3 Å². The Hall–Kier alpha value is -1.06. The first-order valence-electron chi connectivity index (χ1n) is 5.29. The molecule has 0 atom stereocenters. The molecule has 2 N–H and O–H groups in total. The predicted octanol–water partition coefficient (Wildman–Crippen LogP) is 2.46. The lowest BCUT2D eigenvalue weighted by atomic mass is 9.93. The highest BCUT2D eigenvalue weighted by molar-refractivity contribution is 6.34. The Balaban J connectivity index is 2.74. The number of hydrogen-bond donors (Lipinski definition) is 1. The van der Waals surface area contributed by atoms with Gasteiger partial charge in [0.1, 0.15) is 11.3 Å². The number of fused-ring (bicyclic) bond motifs is 1. The van der Waals surface area contributed by atoms with Crippen molar-refractivity contribution in [3.8, 4) is 0 Å². The van der Waals surface area contributed by atoms with Gasteiger partial charge in [-0.05, 0) is 12.1 Å². The van der Waals surface area contributed by atoms with E-state index in [0.717, 1.165) is 16.9 Å². The fourth-order valence-corrected chi connectivity index (χ4v) is 2.09. The summed E-state index contributed by atoms with van der Waals surface area (Å²) in [5, 5.41) is 0.687. The van der Waals surface area contributed by atoms with Crippen LogP contribution in [0.1, 0.15) is 19.7 Å². The van der Waals surface area contributed by atoms with Gasteiger partial charge in [-0.25, -0.2) is 4.98 Å². The standard InChI is InChI=1S/C12H16ClN3/c1-12(2,7-14)11-15-10-8(13)5-4-6-9(10)16(11)3/h4-6H,7,14H2,1-3H3. The smallest absolute Gasteiger partial charge is 0.116 e. The van der Waals surface area contributed by atoms with E-state index in [1.807, 2.05) is 25.2 Å². The van der Waals surface area contributed by atoms with Crippen LogP contribution >= 0.6 is 11.6 Å². The van der Waals surface area contributed by atoms with Crippen LogP contribution in [0, 0.1) is 0 Å². The zero-order valence-electron chi connectivity index (χ0n) is 9.79. The van der Waals surface area contributed by atoms with Crippen molar-refractivity contribution >= 4 is 22.6 Å². The first-order chi connectivity index (χ1) is 7.47. The minimum atomic E-state index is -0.142. The third kappa shape index (κ3) is 1.60. The molecular formula is C12H16ClN3. The maximum Gasteiger partial charge on any atom is 0.116 e. The zero-order valence-corrected chi connectivity index (χ0v) is 10.5. The molecule has 2 rings (SSSR count). The van der Waals surface area contributed by atoms with E-state index in [1.54, 1.807) is 0 Å². The Morgan fingerprint density at radius 1 is 1.44 bits per heavy atom. The molecule has 0 amide bonds. The molecule has 0 radical (unpaired) electrons. The van der Waals surface area contributed by atoms with Gasteiger partial charge in [-0.3, -0.25) is 0 Å². The third-order valence-corrected chi connectivity index (χ3v) is 3.28. The second kappa shape index (κ2) is 3.75.